The third kappa shape index (κ3) is 3.01. The Kier molecular flexibility index (Phi) is 3.87. The Bertz CT molecular complexity index is 437. The molecule has 0 aliphatic heterocycles. The number of phenols is 1. The van der Waals surface area contributed by atoms with Gasteiger partial charge in [-0.15, -0.1) is 0 Å². The van der Waals surface area contributed by atoms with E-state index in [0.29, 0.717) is 5.56 Å². The number of phenolic OH excluding ortho intramolecular Hbond substituents is 1. The summed E-state index contributed by atoms with van der Waals surface area (Å²) in [6, 6.07) is 5.08. The zero-order valence-corrected chi connectivity index (χ0v) is 10.5. The molecule has 2 rings (SSSR count). The van der Waals surface area contributed by atoms with Gasteiger partial charge in [0, 0.05) is 6.04 Å². The Morgan fingerprint density at radius 1 is 1.28 bits per heavy atom. The third-order valence-electron chi connectivity index (χ3n) is 3.43. The zero-order chi connectivity index (χ0) is 13.1. The number of hydrogen-bond acceptors (Lipinski definition) is 3. The number of aryl methyl sites for hydroxylation is 1. The van der Waals surface area contributed by atoms with Crippen molar-refractivity contribution in [3.8, 4) is 5.75 Å². The fourth-order valence-corrected chi connectivity index (χ4v) is 2.32. The molecule has 98 valence electrons. The molecule has 0 atom stereocenters. The predicted molar refractivity (Wildman–Crippen MR) is 68.6 cm³/mol. The number of aromatic hydroxyl groups is 1. The Morgan fingerprint density at radius 2 is 1.94 bits per heavy atom. The summed E-state index contributed by atoms with van der Waals surface area (Å²) < 4.78 is 0. The summed E-state index contributed by atoms with van der Waals surface area (Å²) in [5.74, 6) is -0.230. The van der Waals surface area contributed by atoms with Crippen LogP contribution in [0.1, 0.15) is 41.6 Å². The maximum atomic E-state index is 12.0. The minimum atomic E-state index is -0.238. The highest BCUT2D eigenvalue weighted by Gasteiger charge is 2.22. The smallest absolute Gasteiger partial charge is 0.255 e. The summed E-state index contributed by atoms with van der Waals surface area (Å²) in [6.07, 6.45) is 2.81. The first-order chi connectivity index (χ1) is 8.56. The van der Waals surface area contributed by atoms with Gasteiger partial charge in [0.25, 0.3) is 5.91 Å². The molecule has 0 heterocycles. The first-order valence-electron chi connectivity index (χ1n) is 6.35. The maximum Gasteiger partial charge on any atom is 0.255 e. The number of aliphatic hydroxyl groups is 1. The van der Waals surface area contributed by atoms with Crippen LogP contribution in [0.25, 0.3) is 0 Å². The van der Waals surface area contributed by atoms with E-state index >= 15 is 0 Å². The van der Waals surface area contributed by atoms with Crippen LogP contribution in [-0.4, -0.2) is 28.3 Å². The lowest BCUT2D eigenvalue weighted by Crippen LogP contribution is -2.38. The van der Waals surface area contributed by atoms with Crippen molar-refractivity contribution in [3.05, 3.63) is 29.3 Å². The molecule has 0 spiro atoms. The number of nitrogens with one attached hydrogen (secondary N) is 1. The largest absolute Gasteiger partial charge is 0.507 e. The molecule has 1 aliphatic rings. The number of benzene rings is 1. The van der Waals surface area contributed by atoms with Gasteiger partial charge in [0.05, 0.1) is 11.7 Å². The topological polar surface area (TPSA) is 69.6 Å². The Balaban J connectivity index is 2.01. The van der Waals surface area contributed by atoms with Gasteiger partial charge < -0.3 is 15.5 Å². The number of hydrogen-bond donors (Lipinski definition) is 3. The molecule has 1 amide bonds. The van der Waals surface area contributed by atoms with E-state index in [-0.39, 0.29) is 23.8 Å². The molecule has 1 saturated carbocycles. The van der Waals surface area contributed by atoms with Crippen LogP contribution < -0.4 is 5.32 Å². The highest BCUT2D eigenvalue weighted by atomic mass is 16.3. The van der Waals surface area contributed by atoms with Crippen molar-refractivity contribution >= 4 is 5.91 Å². The van der Waals surface area contributed by atoms with Crippen molar-refractivity contribution in [1.82, 2.24) is 5.32 Å². The van der Waals surface area contributed by atoms with Crippen molar-refractivity contribution in [2.45, 2.75) is 44.8 Å². The Labute approximate surface area is 107 Å². The van der Waals surface area contributed by atoms with E-state index in [1.54, 1.807) is 12.1 Å². The van der Waals surface area contributed by atoms with Gasteiger partial charge in [-0.1, -0.05) is 11.6 Å². The van der Waals surface area contributed by atoms with Crippen LogP contribution in [0, 0.1) is 6.92 Å². The van der Waals surface area contributed by atoms with Gasteiger partial charge in [-0.2, -0.15) is 0 Å². The second-order valence-corrected chi connectivity index (χ2v) is 5.00. The molecule has 4 heteroatoms. The van der Waals surface area contributed by atoms with E-state index in [2.05, 4.69) is 5.32 Å². The van der Waals surface area contributed by atoms with E-state index in [9.17, 15) is 15.0 Å². The Morgan fingerprint density at radius 3 is 2.61 bits per heavy atom. The minimum Gasteiger partial charge on any atom is -0.507 e. The summed E-state index contributed by atoms with van der Waals surface area (Å²) in [6.45, 7) is 1.88. The number of amides is 1. The lowest BCUT2D eigenvalue weighted by atomic mass is 9.93. The number of rotatable bonds is 2. The van der Waals surface area contributed by atoms with Gasteiger partial charge in [0.1, 0.15) is 5.75 Å². The molecule has 1 aromatic carbocycles. The first kappa shape index (κ1) is 12.9. The van der Waals surface area contributed by atoms with Gasteiger partial charge in [-0.3, -0.25) is 4.79 Å². The second-order valence-electron chi connectivity index (χ2n) is 5.00. The second kappa shape index (κ2) is 5.40. The van der Waals surface area contributed by atoms with Crippen LogP contribution in [0.5, 0.6) is 5.75 Å². The van der Waals surface area contributed by atoms with E-state index in [4.69, 9.17) is 0 Å². The third-order valence-corrected chi connectivity index (χ3v) is 3.43. The van der Waals surface area contributed by atoms with Crippen molar-refractivity contribution in [1.29, 1.82) is 0 Å². The summed E-state index contributed by atoms with van der Waals surface area (Å²) in [4.78, 5) is 12.0. The SMILES string of the molecule is Cc1ccc(O)c(C(=O)NC2CCC(O)CC2)c1. The molecular formula is C14H19NO3. The van der Waals surface area contributed by atoms with E-state index in [1.807, 2.05) is 6.92 Å². The van der Waals surface area contributed by atoms with Crippen molar-refractivity contribution in [2.75, 3.05) is 0 Å². The molecule has 0 radical (unpaired) electrons. The fraction of sp³-hybridized carbons (Fsp3) is 0.500. The molecule has 0 unspecified atom stereocenters. The molecule has 0 saturated heterocycles. The summed E-state index contributed by atoms with van der Waals surface area (Å²) >= 11 is 0. The van der Waals surface area contributed by atoms with Crippen LogP contribution >= 0.6 is 0 Å². The number of aliphatic hydroxyl groups excluding tert-OH is 1. The van der Waals surface area contributed by atoms with Crippen LogP contribution in [0.15, 0.2) is 18.2 Å². The molecule has 0 aromatic heterocycles. The van der Waals surface area contributed by atoms with Crippen molar-refractivity contribution in [3.63, 3.8) is 0 Å². The molecule has 1 fully saturated rings. The fourth-order valence-electron chi connectivity index (χ4n) is 2.32. The Hall–Kier alpha value is -1.55. The molecule has 4 nitrogen and oxygen atoms in total. The monoisotopic (exact) mass is 249 g/mol. The van der Waals surface area contributed by atoms with Crippen LogP contribution in [-0.2, 0) is 0 Å². The molecule has 1 aliphatic carbocycles. The van der Waals surface area contributed by atoms with E-state index in [1.165, 1.54) is 6.07 Å². The average Bonchev–Trinajstić information content (AvgIpc) is 2.35. The number of carbonyl (C=O) groups excluding carboxylic acids is 1. The van der Waals surface area contributed by atoms with Crippen LogP contribution in [0.3, 0.4) is 0 Å². The van der Waals surface area contributed by atoms with Gasteiger partial charge in [0.15, 0.2) is 0 Å². The lowest BCUT2D eigenvalue weighted by molar-refractivity contribution is 0.0865. The van der Waals surface area contributed by atoms with Crippen LogP contribution in [0.2, 0.25) is 0 Å². The quantitative estimate of drug-likeness (QED) is 0.747. The van der Waals surface area contributed by atoms with Gasteiger partial charge in [-0.25, -0.2) is 0 Å². The minimum absolute atomic E-state index is 0.00828. The van der Waals surface area contributed by atoms with Crippen LogP contribution in [0.4, 0.5) is 0 Å². The first-order valence-corrected chi connectivity index (χ1v) is 6.35. The molecule has 18 heavy (non-hydrogen) atoms. The van der Waals surface area contributed by atoms with E-state index in [0.717, 1.165) is 31.2 Å². The molecule has 1 aromatic rings. The maximum absolute atomic E-state index is 12.0. The molecular weight excluding hydrogens is 230 g/mol. The molecule has 3 N–H and O–H groups in total. The zero-order valence-electron chi connectivity index (χ0n) is 10.5. The summed E-state index contributed by atoms with van der Waals surface area (Å²) in [5, 5.41) is 22.0. The van der Waals surface area contributed by atoms with Gasteiger partial charge in [0.2, 0.25) is 0 Å². The predicted octanol–water partition coefficient (Wildman–Crippen LogP) is 1.73. The highest BCUT2D eigenvalue weighted by molar-refractivity contribution is 5.97. The average molecular weight is 249 g/mol. The highest BCUT2D eigenvalue weighted by Crippen LogP contribution is 2.21. The standard InChI is InChI=1S/C14H19NO3/c1-9-2-7-13(17)12(8-9)14(18)15-10-3-5-11(16)6-4-10/h2,7-8,10-11,16-17H,3-6H2,1H3,(H,15,18). The lowest BCUT2D eigenvalue weighted by Gasteiger charge is -2.26. The van der Waals surface area contributed by atoms with Gasteiger partial charge in [-0.05, 0) is 44.7 Å². The van der Waals surface area contributed by atoms with Gasteiger partial charge >= 0.3 is 0 Å². The van der Waals surface area contributed by atoms with Crippen molar-refractivity contribution < 1.29 is 15.0 Å². The summed E-state index contributed by atoms with van der Waals surface area (Å²) in [7, 11) is 0. The summed E-state index contributed by atoms with van der Waals surface area (Å²) in [5.41, 5.74) is 1.26. The molecule has 0 bridgehead atoms. The van der Waals surface area contributed by atoms with Crippen molar-refractivity contribution in [2.24, 2.45) is 0 Å². The normalized spacial score (nSPS) is 23.7. The number of carbonyl (C=O) groups is 1. The van der Waals surface area contributed by atoms with E-state index < -0.39 is 0 Å².